The highest BCUT2D eigenvalue weighted by atomic mass is 16.3. The molecule has 0 aliphatic carbocycles. The van der Waals surface area contributed by atoms with Crippen LogP contribution in [0.15, 0.2) is 22.8 Å². The van der Waals surface area contributed by atoms with Crippen molar-refractivity contribution < 1.29 is 14.0 Å². The Hall–Kier alpha value is -1.82. The third kappa shape index (κ3) is 2.96. The molecule has 19 heavy (non-hydrogen) atoms. The molecule has 0 saturated carbocycles. The van der Waals surface area contributed by atoms with E-state index in [1.54, 1.807) is 24.0 Å². The minimum Gasteiger partial charge on any atom is -0.459 e. The molecule has 104 valence electrons. The van der Waals surface area contributed by atoms with Crippen molar-refractivity contribution in [2.24, 2.45) is 5.73 Å². The van der Waals surface area contributed by atoms with E-state index in [9.17, 15) is 9.59 Å². The summed E-state index contributed by atoms with van der Waals surface area (Å²) in [5.74, 6) is -0.265. The Labute approximate surface area is 111 Å². The smallest absolute Gasteiger partial charge is 0.287 e. The number of likely N-dealkylation sites (tertiary alicyclic amines) is 1. The lowest BCUT2D eigenvalue weighted by atomic mass is 10.2. The molecule has 1 saturated heterocycles. The molecule has 3 N–H and O–H groups in total. The summed E-state index contributed by atoms with van der Waals surface area (Å²) < 4.78 is 4.99. The summed E-state index contributed by atoms with van der Waals surface area (Å²) in [4.78, 5) is 25.8. The van der Waals surface area contributed by atoms with Gasteiger partial charge in [-0.05, 0) is 31.9 Å². The highest BCUT2D eigenvalue weighted by Gasteiger charge is 2.31. The van der Waals surface area contributed by atoms with Gasteiger partial charge in [-0.3, -0.25) is 9.59 Å². The lowest BCUT2D eigenvalue weighted by Crippen LogP contribution is -2.50. The number of carbonyl (C=O) groups is 2. The molecule has 2 rings (SSSR count). The SMILES string of the molecule is CC(NC(=O)c1ccco1)C(=O)N1CCCC1CN. The number of furan rings is 1. The van der Waals surface area contributed by atoms with Gasteiger partial charge in [-0.1, -0.05) is 0 Å². The summed E-state index contributed by atoms with van der Waals surface area (Å²) >= 11 is 0. The van der Waals surface area contributed by atoms with Crippen LogP contribution in [-0.2, 0) is 4.79 Å². The second-order valence-corrected chi connectivity index (χ2v) is 4.74. The minimum absolute atomic E-state index is 0.0899. The maximum atomic E-state index is 12.2. The number of nitrogens with one attached hydrogen (secondary N) is 1. The fraction of sp³-hybridized carbons (Fsp3) is 0.538. The number of nitrogens with zero attached hydrogens (tertiary/aromatic N) is 1. The molecule has 1 aromatic heterocycles. The van der Waals surface area contributed by atoms with Crippen molar-refractivity contribution >= 4 is 11.8 Å². The summed E-state index contributed by atoms with van der Waals surface area (Å²) in [5.41, 5.74) is 5.64. The first kappa shape index (κ1) is 13.6. The molecule has 0 radical (unpaired) electrons. The standard InChI is InChI=1S/C13H19N3O3/c1-9(15-12(17)11-5-3-7-19-11)13(18)16-6-2-4-10(16)8-14/h3,5,7,9-10H,2,4,6,8,14H2,1H3,(H,15,17). The Morgan fingerprint density at radius 2 is 2.42 bits per heavy atom. The van der Waals surface area contributed by atoms with Crippen LogP contribution in [-0.4, -0.2) is 41.9 Å². The molecule has 2 heterocycles. The fourth-order valence-corrected chi connectivity index (χ4v) is 2.36. The second kappa shape index (κ2) is 5.88. The summed E-state index contributed by atoms with van der Waals surface area (Å²) in [5, 5.41) is 2.64. The molecule has 2 atom stereocenters. The third-order valence-corrected chi connectivity index (χ3v) is 3.40. The summed E-state index contributed by atoms with van der Waals surface area (Å²) in [7, 11) is 0. The summed E-state index contributed by atoms with van der Waals surface area (Å²) in [6.07, 6.45) is 3.32. The Bertz CT molecular complexity index is 444. The molecule has 1 aliphatic rings. The van der Waals surface area contributed by atoms with Gasteiger partial charge in [-0.25, -0.2) is 0 Å². The fourth-order valence-electron chi connectivity index (χ4n) is 2.36. The van der Waals surface area contributed by atoms with Crippen LogP contribution in [0.2, 0.25) is 0 Å². The number of hydrogen-bond donors (Lipinski definition) is 2. The topological polar surface area (TPSA) is 88.6 Å². The lowest BCUT2D eigenvalue weighted by molar-refractivity contribution is -0.133. The van der Waals surface area contributed by atoms with E-state index < -0.39 is 6.04 Å². The molecule has 0 aromatic carbocycles. The summed E-state index contributed by atoms with van der Waals surface area (Å²) in [6.45, 7) is 2.85. The number of nitrogens with two attached hydrogens (primary N) is 1. The van der Waals surface area contributed by atoms with E-state index in [1.807, 2.05) is 0 Å². The molecular weight excluding hydrogens is 246 g/mol. The van der Waals surface area contributed by atoms with Gasteiger partial charge in [0.2, 0.25) is 5.91 Å². The highest BCUT2D eigenvalue weighted by Crippen LogP contribution is 2.17. The van der Waals surface area contributed by atoms with Crippen LogP contribution < -0.4 is 11.1 Å². The van der Waals surface area contributed by atoms with Crippen LogP contribution in [0.4, 0.5) is 0 Å². The van der Waals surface area contributed by atoms with Crippen LogP contribution in [0, 0.1) is 0 Å². The zero-order valence-corrected chi connectivity index (χ0v) is 11.0. The van der Waals surface area contributed by atoms with Crippen LogP contribution in [0.3, 0.4) is 0 Å². The monoisotopic (exact) mass is 265 g/mol. The second-order valence-electron chi connectivity index (χ2n) is 4.74. The van der Waals surface area contributed by atoms with Gasteiger partial charge in [0, 0.05) is 19.1 Å². The van der Waals surface area contributed by atoms with Crippen molar-refractivity contribution in [3.63, 3.8) is 0 Å². The van der Waals surface area contributed by atoms with Crippen molar-refractivity contribution in [3.8, 4) is 0 Å². The molecule has 1 aromatic rings. The quantitative estimate of drug-likeness (QED) is 0.822. The summed E-state index contributed by atoms with van der Waals surface area (Å²) in [6, 6.07) is 2.71. The van der Waals surface area contributed by atoms with Crippen LogP contribution in [0.1, 0.15) is 30.3 Å². The lowest BCUT2D eigenvalue weighted by Gasteiger charge is -2.26. The predicted octanol–water partition coefficient (Wildman–Crippen LogP) is 0.348. The van der Waals surface area contributed by atoms with E-state index in [0.29, 0.717) is 13.1 Å². The van der Waals surface area contributed by atoms with Gasteiger partial charge in [0.15, 0.2) is 5.76 Å². The van der Waals surface area contributed by atoms with Crippen molar-refractivity contribution in [1.82, 2.24) is 10.2 Å². The van der Waals surface area contributed by atoms with Crippen molar-refractivity contribution in [2.75, 3.05) is 13.1 Å². The zero-order chi connectivity index (χ0) is 13.8. The first-order chi connectivity index (χ1) is 9.13. The minimum atomic E-state index is -0.579. The van der Waals surface area contributed by atoms with Crippen molar-refractivity contribution in [3.05, 3.63) is 24.2 Å². The van der Waals surface area contributed by atoms with Gasteiger partial charge in [0.05, 0.1) is 6.26 Å². The first-order valence-electron chi connectivity index (χ1n) is 6.48. The van der Waals surface area contributed by atoms with E-state index in [2.05, 4.69) is 5.32 Å². The van der Waals surface area contributed by atoms with E-state index in [0.717, 1.165) is 12.8 Å². The first-order valence-corrected chi connectivity index (χ1v) is 6.48. The third-order valence-electron chi connectivity index (χ3n) is 3.40. The van der Waals surface area contributed by atoms with E-state index >= 15 is 0 Å². The van der Waals surface area contributed by atoms with Gasteiger partial charge < -0.3 is 20.4 Å². The average molecular weight is 265 g/mol. The maximum absolute atomic E-state index is 12.2. The van der Waals surface area contributed by atoms with Gasteiger partial charge in [-0.15, -0.1) is 0 Å². The zero-order valence-electron chi connectivity index (χ0n) is 11.0. The normalized spacial score (nSPS) is 20.3. The van der Waals surface area contributed by atoms with Crippen molar-refractivity contribution in [2.45, 2.75) is 31.8 Å². The highest BCUT2D eigenvalue weighted by molar-refractivity contribution is 5.95. The van der Waals surface area contributed by atoms with E-state index in [-0.39, 0.29) is 23.6 Å². The van der Waals surface area contributed by atoms with Crippen LogP contribution in [0.5, 0.6) is 0 Å². The van der Waals surface area contributed by atoms with E-state index in [4.69, 9.17) is 10.2 Å². The van der Waals surface area contributed by atoms with E-state index in [1.165, 1.54) is 6.26 Å². The van der Waals surface area contributed by atoms with Gasteiger partial charge in [0.25, 0.3) is 5.91 Å². The van der Waals surface area contributed by atoms with Gasteiger partial charge >= 0.3 is 0 Å². The molecule has 6 heteroatoms. The molecule has 0 bridgehead atoms. The predicted molar refractivity (Wildman–Crippen MR) is 69.4 cm³/mol. The number of carbonyl (C=O) groups excluding carboxylic acids is 2. The van der Waals surface area contributed by atoms with Crippen LogP contribution >= 0.6 is 0 Å². The average Bonchev–Trinajstić information content (AvgIpc) is 3.08. The molecule has 2 unspecified atom stereocenters. The Balaban J connectivity index is 1.94. The van der Waals surface area contributed by atoms with Crippen LogP contribution in [0.25, 0.3) is 0 Å². The molecule has 0 spiro atoms. The maximum Gasteiger partial charge on any atom is 0.287 e. The molecular formula is C13H19N3O3. The Kier molecular flexibility index (Phi) is 4.21. The molecule has 1 aliphatic heterocycles. The number of hydrogen-bond acceptors (Lipinski definition) is 4. The largest absolute Gasteiger partial charge is 0.459 e. The Morgan fingerprint density at radius 3 is 3.05 bits per heavy atom. The van der Waals surface area contributed by atoms with Crippen molar-refractivity contribution in [1.29, 1.82) is 0 Å². The van der Waals surface area contributed by atoms with Gasteiger partial charge in [-0.2, -0.15) is 0 Å². The molecule has 6 nitrogen and oxygen atoms in total. The molecule has 2 amide bonds. The van der Waals surface area contributed by atoms with Gasteiger partial charge in [0.1, 0.15) is 6.04 Å². The number of amides is 2. The molecule has 1 fully saturated rings. The number of rotatable bonds is 4. The Morgan fingerprint density at radius 1 is 1.63 bits per heavy atom.